The first kappa shape index (κ1) is 15.8. The number of nitrogens with two attached hydrogens (primary N) is 1. The maximum Gasteiger partial charge on any atom is 0.270 e. The minimum absolute atomic E-state index is 0. The molecular weight excluding hydrogens is 262 g/mol. The number of anilines is 1. The van der Waals surface area contributed by atoms with E-state index in [1.54, 1.807) is 18.2 Å². The summed E-state index contributed by atoms with van der Waals surface area (Å²) in [7, 11) is 0. The number of nitrogens with zero attached hydrogens (tertiary/aromatic N) is 1. The van der Waals surface area contributed by atoms with Crippen LogP contribution in [-0.2, 0) is 0 Å². The number of amides is 1. The number of halogens is 1. The van der Waals surface area contributed by atoms with Gasteiger partial charge in [-0.1, -0.05) is 19.9 Å². The van der Waals surface area contributed by atoms with Crippen LogP contribution in [0.15, 0.2) is 18.2 Å². The first-order chi connectivity index (χ1) is 8.54. The molecule has 106 valence electrons. The van der Waals surface area contributed by atoms with E-state index in [4.69, 9.17) is 5.73 Å². The molecule has 3 N–H and O–H groups in total. The average molecular weight is 284 g/mol. The SMILES string of the molecule is CC1CC(C)CC(NC(=O)c2cccc(N)n2)C1.Cl. The zero-order valence-corrected chi connectivity index (χ0v) is 12.2. The molecule has 1 aromatic heterocycles. The van der Waals surface area contributed by atoms with Gasteiger partial charge in [0, 0.05) is 6.04 Å². The monoisotopic (exact) mass is 283 g/mol. The van der Waals surface area contributed by atoms with Crippen LogP contribution in [0.3, 0.4) is 0 Å². The lowest BCUT2D eigenvalue weighted by Gasteiger charge is -2.31. The predicted molar refractivity (Wildman–Crippen MR) is 79.3 cm³/mol. The van der Waals surface area contributed by atoms with E-state index in [1.807, 2.05) is 0 Å². The molecule has 2 atom stereocenters. The van der Waals surface area contributed by atoms with E-state index in [9.17, 15) is 4.79 Å². The van der Waals surface area contributed by atoms with E-state index >= 15 is 0 Å². The van der Waals surface area contributed by atoms with Crippen molar-refractivity contribution in [1.29, 1.82) is 0 Å². The van der Waals surface area contributed by atoms with Crippen molar-refractivity contribution in [2.45, 2.75) is 39.2 Å². The van der Waals surface area contributed by atoms with Gasteiger partial charge < -0.3 is 11.1 Å². The number of rotatable bonds is 2. The van der Waals surface area contributed by atoms with Gasteiger partial charge in [-0.25, -0.2) is 4.98 Å². The van der Waals surface area contributed by atoms with Crippen molar-refractivity contribution in [3.63, 3.8) is 0 Å². The lowest BCUT2D eigenvalue weighted by atomic mass is 9.80. The molecule has 1 aromatic rings. The standard InChI is InChI=1S/C14H21N3O.ClH/c1-9-6-10(2)8-11(7-9)16-14(18)12-4-3-5-13(15)17-12;/h3-5,9-11H,6-8H2,1-2H3,(H2,15,17)(H,16,18);1H. The third-order valence-corrected chi connectivity index (χ3v) is 3.52. The molecule has 1 heterocycles. The van der Waals surface area contributed by atoms with Crippen LogP contribution in [0.5, 0.6) is 0 Å². The molecule has 2 unspecified atom stereocenters. The van der Waals surface area contributed by atoms with Crippen LogP contribution in [0, 0.1) is 11.8 Å². The smallest absolute Gasteiger partial charge is 0.270 e. The van der Waals surface area contributed by atoms with Crippen LogP contribution in [0.25, 0.3) is 0 Å². The van der Waals surface area contributed by atoms with Crippen molar-refractivity contribution in [3.8, 4) is 0 Å². The van der Waals surface area contributed by atoms with Crippen LogP contribution in [0.4, 0.5) is 5.82 Å². The Morgan fingerprint density at radius 3 is 2.47 bits per heavy atom. The fraction of sp³-hybridized carbons (Fsp3) is 0.571. The van der Waals surface area contributed by atoms with Gasteiger partial charge in [0.2, 0.25) is 0 Å². The third-order valence-electron chi connectivity index (χ3n) is 3.52. The number of nitrogen functional groups attached to an aromatic ring is 1. The highest BCUT2D eigenvalue weighted by molar-refractivity contribution is 5.92. The predicted octanol–water partition coefficient (Wildman–Crippen LogP) is 2.64. The molecular formula is C14H22ClN3O. The van der Waals surface area contributed by atoms with Crippen molar-refractivity contribution in [2.75, 3.05) is 5.73 Å². The van der Waals surface area contributed by atoms with E-state index in [1.165, 1.54) is 6.42 Å². The molecule has 2 rings (SSSR count). The Morgan fingerprint density at radius 1 is 1.26 bits per heavy atom. The average Bonchev–Trinajstić information content (AvgIpc) is 2.27. The summed E-state index contributed by atoms with van der Waals surface area (Å²) in [4.78, 5) is 16.1. The second kappa shape index (κ2) is 6.75. The molecule has 0 aromatic carbocycles. The minimum Gasteiger partial charge on any atom is -0.384 e. The Morgan fingerprint density at radius 2 is 1.89 bits per heavy atom. The number of carbonyl (C=O) groups excluding carboxylic acids is 1. The number of pyridine rings is 1. The van der Waals surface area contributed by atoms with Crippen molar-refractivity contribution in [1.82, 2.24) is 10.3 Å². The van der Waals surface area contributed by atoms with E-state index in [2.05, 4.69) is 24.1 Å². The number of hydrogen-bond acceptors (Lipinski definition) is 3. The largest absolute Gasteiger partial charge is 0.384 e. The maximum absolute atomic E-state index is 12.0. The maximum atomic E-state index is 12.0. The van der Waals surface area contributed by atoms with Crippen molar-refractivity contribution in [3.05, 3.63) is 23.9 Å². The zero-order chi connectivity index (χ0) is 13.1. The topological polar surface area (TPSA) is 68.0 Å². The summed E-state index contributed by atoms with van der Waals surface area (Å²) in [6.07, 6.45) is 3.36. The Hall–Kier alpha value is -1.29. The molecule has 1 saturated carbocycles. The summed E-state index contributed by atoms with van der Waals surface area (Å²) in [5.74, 6) is 1.61. The van der Waals surface area contributed by atoms with Crippen LogP contribution in [-0.4, -0.2) is 16.9 Å². The van der Waals surface area contributed by atoms with Gasteiger partial charge in [0.15, 0.2) is 0 Å². The van der Waals surface area contributed by atoms with Crippen LogP contribution >= 0.6 is 12.4 Å². The fourth-order valence-electron chi connectivity index (χ4n) is 2.90. The number of aromatic nitrogens is 1. The summed E-state index contributed by atoms with van der Waals surface area (Å²) >= 11 is 0. The molecule has 0 saturated heterocycles. The number of hydrogen-bond donors (Lipinski definition) is 2. The molecule has 0 spiro atoms. The first-order valence-corrected chi connectivity index (χ1v) is 6.58. The van der Waals surface area contributed by atoms with Crippen molar-refractivity contribution in [2.24, 2.45) is 11.8 Å². The Balaban J connectivity index is 0.00000180. The lowest BCUT2D eigenvalue weighted by Crippen LogP contribution is -2.40. The fourth-order valence-corrected chi connectivity index (χ4v) is 2.90. The lowest BCUT2D eigenvalue weighted by molar-refractivity contribution is 0.0906. The van der Waals surface area contributed by atoms with Gasteiger partial charge in [0.05, 0.1) is 0 Å². The van der Waals surface area contributed by atoms with Gasteiger partial charge >= 0.3 is 0 Å². The summed E-state index contributed by atoms with van der Waals surface area (Å²) < 4.78 is 0. The molecule has 5 heteroatoms. The van der Waals surface area contributed by atoms with Gasteiger partial charge in [-0.05, 0) is 43.2 Å². The number of carbonyl (C=O) groups is 1. The normalized spacial score (nSPS) is 26.3. The second-order valence-electron chi connectivity index (χ2n) is 5.54. The summed E-state index contributed by atoms with van der Waals surface area (Å²) in [5, 5.41) is 3.07. The van der Waals surface area contributed by atoms with Gasteiger partial charge in [-0.15, -0.1) is 12.4 Å². The molecule has 4 nitrogen and oxygen atoms in total. The number of nitrogens with one attached hydrogen (secondary N) is 1. The van der Waals surface area contributed by atoms with Gasteiger partial charge in [-0.2, -0.15) is 0 Å². The Bertz CT molecular complexity index is 428. The summed E-state index contributed by atoms with van der Waals surface area (Å²) in [6.45, 7) is 4.49. The molecule has 1 amide bonds. The van der Waals surface area contributed by atoms with Crippen LogP contribution in [0.1, 0.15) is 43.6 Å². The molecule has 1 aliphatic carbocycles. The van der Waals surface area contributed by atoms with Crippen molar-refractivity contribution < 1.29 is 4.79 Å². The second-order valence-corrected chi connectivity index (χ2v) is 5.54. The third kappa shape index (κ3) is 4.39. The highest BCUT2D eigenvalue weighted by atomic mass is 35.5. The van der Waals surface area contributed by atoms with Crippen LogP contribution < -0.4 is 11.1 Å². The van der Waals surface area contributed by atoms with Gasteiger partial charge in [-0.3, -0.25) is 4.79 Å². The summed E-state index contributed by atoms with van der Waals surface area (Å²) in [5.41, 5.74) is 5.99. The molecule has 1 aliphatic rings. The van der Waals surface area contributed by atoms with E-state index < -0.39 is 0 Å². The van der Waals surface area contributed by atoms with E-state index in [0.717, 1.165) is 12.8 Å². The molecule has 19 heavy (non-hydrogen) atoms. The highest BCUT2D eigenvalue weighted by Gasteiger charge is 2.25. The van der Waals surface area contributed by atoms with Gasteiger partial charge in [0.25, 0.3) is 5.91 Å². The minimum atomic E-state index is -0.117. The quantitative estimate of drug-likeness (QED) is 0.877. The summed E-state index contributed by atoms with van der Waals surface area (Å²) in [6, 6.07) is 5.39. The molecule has 0 aliphatic heterocycles. The van der Waals surface area contributed by atoms with E-state index in [-0.39, 0.29) is 24.4 Å². The molecule has 1 fully saturated rings. The highest BCUT2D eigenvalue weighted by Crippen LogP contribution is 2.28. The Kier molecular flexibility index (Phi) is 5.60. The van der Waals surface area contributed by atoms with Gasteiger partial charge in [0.1, 0.15) is 11.5 Å². The van der Waals surface area contributed by atoms with Crippen LogP contribution in [0.2, 0.25) is 0 Å². The molecule has 0 bridgehead atoms. The zero-order valence-electron chi connectivity index (χ0n) is 11.4. The van der Waals surface area contributed by atoms with E-state index in [0.29, 0.717) is 23.3 Å². The Labute approximate surface area is 120 Å². The first-order valence-electron chi connectivity index (χ1n) is 6.58. The van der Waals surface area contributed by atoms with Crippen molar-refractivity contribution >= 4 is 24.1 Å². The molecule has 0 radical (unpaired) electrons.